The van der Waals surface area contributed by atoms with Crippen LogP contribution in [0.4, 0.5) is 18.9 Å². The molecule has 19 heavy (non-hydrogen) atoms. The molecular weight excluding hydrogens is 253 g/mol. The molecule has 0 aliphatic carbocycles. The number of anilines is 1. The highest BCUT2D eigenvalue weighted by Gasteiger charge is 2.36. The number of benzene rings is 1. The van der Waals surface area contributed by atoms with Crippen LogP contribution in [0.1, 0.15) is 25.8 Å². The van der Waals surface area contributed by atoms with E-state index < -0.39 is 12.7 Å². The van der Waals surface area contributed by atoms with Crippen LogP contribution in [-0.2, 0) is 6.54 Å². The summed E-state index contributed by atoms with van der Waals surface area (Å²) in [6.07, 6.45) is -3.40. The summed E-state index contributed by atoms with van der Waals surface area (Å²) in [6, 6.07) is 7.30. The topological polar surface area (TPSA) is 15.3 Å². The Balaban J connectivity index is 2.35. The smallest absolute Gasteiger partial charge is 0.360 e. The summed E-state index contributed by atoms with van der Waals surface area (Å²) < 4.78 is 38.3. The van der Waals surface area contributed by atoms with Gasteiger partial charge in [-0.3, -0.25) is 0 Å². The van der Waals surface area contributed by atoms with Gasteiger partial charge in [-0.05, 0) is 25.0 Å². The van der Waals surface area contributed by atoms with E-state index >= 15 is 0 Å². The van der Waals surface area contributed by atoms with E-state index in [9.17, 15) is 13.2 Å². The van der Waals surface area contributed by atoms with Gasteiger partial charge in [0.2, 0.25) is 0 Å². The molecule has 106 valence electrons. The maximum atomic E-state index is 12.8. The third-order valence-corrected chi connectivity index (χ3v) is 3.73. The maximum absolute atomic E-state index is 12.8. The molecule has 0 saturated heterocycles. The van der Waals surface area contributed by atoms with Gasteiger partial charge in [0.1, 0.15) is 6.54 Å². The molecule has 0 amide bonds. The third kappa shape index (κ3) is 3.41. The van der Waals surface area contributed by atoms with Crippen LogP contribution in [0.15, 0.2) is 24.3 Å². The van der Waals surface area contributed by atoms with Gasteiger partial charge in [-0.25, -0.2) is 0 Å². The second-order valence-electron chi connectivity index (χ2n) is 5.37. The number of rotatable bonds is 2. The fourth-order valence-corrected chi connectivity index (χ4v) is 2.43. The number of hydrogen-bond acceptors (Lipinski definition) is 2. The lowest BCUT2D eigenvalue weighted by Gasteiger charge is -2.34. The van der Waals surface area contributed by atoms with Gasteiger partial charge in [-0.1, -0.05) is 25.1 Å². The Hall–Kier alpha value is -1.23. The van der Waals surface area contributed by atoms with Crippen LogP contribution >= 0.6 is 0 Å². The lowest BCUT2D eigenvalue weighted by Crippen LogP contribution is -2.50. The normalized spacial score (nSPS) is 23.9. The second kappa shape index (κ2) is 5.04. The molecule has 0 bridgehead atoms. The highest BCUT2D eigenvalue weighted by molar-refractivity contribution is 5.55. The molecule has 2 nitrogen and oxygen atoms in total. The molecule has 5 heteroatoms. The van der Waals surface area contributed by atoms with Crippen molar-refractivity contribution in [1.82, 2.24) is 5.32 Å². The van der Waals surface area contributed by atoms with E-state index in [-0.39, 0.29) is 5.54 Å². The minimum Gasteiger partial charge on any atom is -0.360 e. The summed E-state index contributed by atoms with van der Waals surface area (Å²) in [7, 11) is 0. The first kappa shape index (κ1) is 14.2. The molecular formula is C14H19F3N2. The molecule has 0 fully saturated rings. The van der Waals surface area contributed by atoms with Crippen LogP contribution in [0, 0.1) is 0 Å². The molecule has 0 spiro atoms. The summed E-state index contributed by atoms with van der Waals surface area (Å²) in [4.78, 5) is 1.44. The molecule has 1 N–H and O–H groups in total. The third-order valence-electron chi connectivity index (χ3n) is 3.73. The molecule has 2 rings (SSSR count). The number of nitrogens with one attached hydrogen (secondary N) is 1. The largest absolute Gasteiger partial charge is 0.405 e. The van der Waals surface area contributed by atoms with Gasteiger partial charge in [-0.15, -0.1) is 0 Å². The minimum atomic E-state index is -4.19. The van der Waals surface area contributed by atoms with E-state index in [4.69, 9.17) is 0 Å². The van der Waals surface area contributed by atoms with Gasteiger partial charge >= 0.3 is 6.18 Å². The van der Waals surface area contributed by atoms with E-state index in [1.165, 1.54) is 4.90 Å². The number of nitrogens with zero attached hydrogens (tertiary/aromatic N) is 1. The van der Waals surface area contributed by atoms with Crippen LogP contribution in [0.25, 0.3) is 0 Å². The standard InChI is InChI=1S/C14H19F3N2/c1-3-13(2)9-19(10-14(15,16)17)12-7-5-4-6-11(12)8-18-13/h4-7,18H,3,8-10H2,1-2H3. The molecule has 0 radical (unpaired) electrons. The van der Waals surface area contributed by atoms with E-state index in [0.717, 1.165) is 12.0 Å². The number of fused-ring (bicyclic) bond motifs is 1. The number of alkyl halides is 3. The van der Waals surface area contributed by atoms with Crippen LogP contribution in [0.5, 0.6) is 0 Å². The Morgan fingerprint density at radius 2 is 2.00 bits per heavy atom. The van der Waals surface area contributed by atoms with Gasteiger partial charge in [0, 0.05) is 24.3 Å². The maximum Gasteiger partial charge on any atom is 0.405 e. The Morgan fingerprint density at radius 3 is 2.63 bits per heavy atom. The average molecular weight is 272 g/mol. The van der Waals surface area contributed by atoms with Crippen molar-refractivity contribution in [3.05, 3.63) is 29.8 Å². The molecule has 1 atom stereocenters. The van der Waals surface area contributed by atoms with E-state index in [1.54, 1.807) is 12.1 Å². The lowest BCUT2D eigenvalue weighted by molar-refractivity contribution is -0.120. The zero-order valence-corrected chi connectivity index (χ0v) is 11.2. The van der Waals surface area contributed by atoms with Crippen molar-refractivity contribution in [3.8, 4) is 0 Å². The first-order chi connectivity index (χ1) is 8.83. The van der Waals surface area contributed by atoms with Crippen molar-refractivity contribution in [3.63, 3.8) is 0 Å². The first-order valence-electron chi connectivity index (χ1n) is 6.48. The zero-order valence-electron chi connectivity index (χ0n) is 11.2. The SMILES string of the molecule is CCC1(C)CN(CC(F)(F)F)c2ccccc2CN1. The molecule has 0 aromatic heterocycles. The summed E-state index contributed by atoms with van der Waals surface area (Å²) in [6.45, 7) is 4.03. The number of para-hydroxylation sites is 1. The first-order valence-corrected chi connectivity index (χ1v) is 6.48. The highest BCUT2D eigenvalue weighted by atomic mass is 19.4. The summed E-state index contributed by atoms with van der Waals surface area (Å²) in [5.41, 5.74) is 1.30. The second-order valence-corrected chi connectivity index (χ2v) is 5.37. The van der Waals surface area contributed by atoms with Gasteiger partial charge in [-0.2, -0.15) is 13.2 Å². The van der Waals surface area contributed by atoms with Crippen molar-refractivity contribution in [2.24, 2.45) is 0 Å². The monoisotopic (exact) mass is 272 g/mol. The summed E-state index contributed by atoms with van der Waals surface area (Å²) in [5, 5.41) is 3.37. The van der Waals surface area contributed by atoms with Gasteiger partial charge in [0.05, 0.1) is 0 Å². The predicted octanol–water partition coefficient (Wildman–Crippen LogP) is 3.33. The van der Waals surface area contributed by atoms with Crippen LogP contribution in [0.3, 0.4) is 0 Å². The fraction of sp³-hybridized carbons (Fsp3) is 0.571. The lowest BCUT2D eigenvalue weighted by atomic mass is 9.98. The van der Waals surface area contributed by atoms with E-state index in [1.807, 2.05) is 26.0 Å². The highest BCUT2D eigenvalue weighted by Crippen LogP contribution is 2.30. The summed E-state index contributed by atoms with van der Waals surface area (Å²) in [5.74, 6) is 0. The molecule has 1 aliphatic rings. The Kier molecular flexibility index (Phi) is 3.76. The van der Waals surface area contributed by atoms with Crippen molar-refractivity contribution in [2.45, 2.75) is 38.5 Å². The van der Waals surface area contributed by atoms with Crippen LogP contribution in [-0.4, -0.2) is 24.8 Å². The van der Waals surface area contributed by atoms with Gasteiger partial charge in [0.25, 0.3) is 0 Å². The van der Waals surface area contributed by atoms with E-state index in [0.29, 0.717) is 18.8 Å². The molecule has 1 heterocycles. The average Bonchev–Trinajstić information content (AvgIpc) is 2.47. The van der Waals surface area contributed by atoms with Crippen molar-refractivity contribution in [2.75, 3.05) is 18.0 Å². The molecule has 1 unspecified atom stereocenters. The molecule has 1 aromatic carbocycles. The predicted molar refractivity (Wildman–Crippen MR) is 70.2 cm³/mol. The minimum absolute atomic E-state index is 0.301. The fourth-order valence-electron chi connectivity index (χ4n) is 2.43. The van der Waals surface area contributed by atoms with Crippen LogP contribution in [0.2, 0.25) is 0 Å². The Morgan fingerprint density at radius 1 is 1.32 bits per heavy atom. The summed E-state index contributed by atoms with van der Waals surface area (Å²) >= 11 is 0. The Labute approximate surface area is 111 Å². The molecule has 1 aromatic rings. The molecule has 0 saturated carbocycles. The quantitative estimate of drug-likeness (QED) is 0.888. The number of hydrogen-bond donors (Lipinski definition) is 1. The van der Waals surface area contributed by atoms with Crippen molar-refractivity contribution < 1.29 is 13.2 Å². The van der Waals surface area contributed by atoms with Crippen molar-refractivity contribution >= 4 is 5.69 Å². The van der Waals surface area contributed by atoms with Crippen LogP contribution < -0.4 is 10.2 Å². The van der Waals surface area contributed by atoms with Gasteiger partial charge in [0.15, 0.2) is 0 Å². The van der Waals surface area contributed by atoms with Crippen molar-refractivity contribution in [1.29, 1.82) is 0 Å². The zero-order chi connectivity index (χ0) is 14.1. The number of halogens is 3. The molecule has 1 aliphatic heterocycles. The Bertz CT molecular complexity index is 445. The van der Waals surface area contributed by atoms with E-state index in [2.05, 4.69) is 5.32 Å². The van der Waals surface area contributed by atoms with Gasteiger partial charge < -0.3 is 10.2 Å².